The molecule has 3 rings (SSSR count). The van der Waals surface area contributed by atoms with E-state index in [1.54, 1.807) is 7.05 Å². The van der Waals surface area contributed by atoms with E-state index in [1.807, 2.05) is 0 Å². The maximum Gasteiger partial charge on any atom is 0.270 e. The second-order valence-electron chi connectivity index (χ2n) is 4.34. The Balaban J connectivity index is 2.20. The molecule has 2 aromatic rings. The van der Waals surface area contributed by atoms with Crippen LogP contribution >= 0.6 is 11.6 Å². The third-order valence-electron chi connectivity index (χ3n) is 3.16. The zero-order valence-electron chi connectivity index (χ0n) is 9.95. The summed E-state index contributed by atoms with van der Waals surface area (Å²) in [5.41, 5.74) is 7.20. The summed E-state index contributed by atoms with van der Waals surface area (Å²) >= 11 is 6.06. The van der Waals surface area contributed by atoms with Gasteiger partial charge in [-0.05, 0) is 18.2 Å². The first-order valence-electron chi connectivity index (χ1n) is 5.57. The van der Waals surface area contributed by atoms with Gasteiger partial charge in [0.15, 0.2) is 5.82 Å². The minimum absolute atomic E-state index is 0.237. The van der Waals surface area contributed by atoms with Crippen LogP contribution < -0.4 is 11.1 Å². The number of fused-ring (bicyclic) bond motifs is 1. The van der Waals surface area contributed by atoms with E-state index in [4.69, 9.17) is 17.3 Å². The smallest absolute Gasteiger partial charge is 0.270 e. The van der Waals surface area contributed by atoms with Crippen LogP contribution in [0.3, 0.4) is 0 Å². The SMILES string of the molecule is Cn1nc(N)c2c1C(=O)NC2c1cc(F)ccc1Cl. The first-order valence-corrected chi connectivity index (χ1v) is 5.95. The Kier molecular flexibility index (Phi) is 2.50. The zero-order chi connectivity index (χ0) is 13.7. The van der Waals surface area contributed by atoms with E-state index in [0.717, 1.165) is 0 Å². The molecular weight excluding hydrogens is 271 g/mol. The van der Waals surface area contributed by atoms with Crippen LogP contribution in [0.25, 0.3) is 0 Å². The normalized spacial score (nSPS) is 17.4. The third-order valence-corrected chi connectivity index (χ3v) is 3.50. The van der Waals surface area contributed by atoms with Crippen molar-refractivity contribution >= 4 is 23.3 Å². The monoisotopic (exact) mass is 280 g/mol. The van der Waals surface area contributed by atoms with Crippen molar-refractivity contribution in [3.05, 3.63) is 45.9 Å². The predicted octanol–water partition coefficient (Wildman–Crippen LogP) is 1.63. The Morgan fingerprint density at radius 3 is 3.00 bits per heavy atom. The van der Waals surface area contributed by atoms with E-state index in [-0.39, 0.29) is 11.7 Å². The van der Waals surface area contributed by atoms with Crippen molar-refractivity contribution in [1.29, 1.82) is 0 Å². The van der Waals surface area contributed by atoms with Crippen LogP contribution in [0.2, 0.25) is 5.02 Å². The highest BCUT2D eigenvalue weighted by atomic mass is 35.5. The Bertz CT molecular complexity index is 697. The van der Waals surface area contributed by atoms with Crippen LogP contribution in [0.15, 0.2) is 18.2 Å². The van der Waals surface area contributed by atoms with Crippen LogP contribution in [0.1, 0.15) is 27.7 Å². The molecule has 0 saturated heterocycles. The van der Waals surface area contributed by atoms with E-state index in [0.29, 0.717) is 21.8 Å². The van der Waals surface area contributed by atoms with Gasteiger partial charge in [-0.3, -0.25) is 9.48 Å². The lowest BCUT2D eigenvalue weighted by Crippen LogP contribution is -2.22. The summed E-state index contributed by atoms with van der Waals surface area (Å²) < 4.78 is 14.8. The van der Waals surface area contributed by atoms with Gasteiger partial charge < -0.3 is 11.1 Å². The average molecular weight is 281 g/mol. The van der Waals surface area contributed by atoms with Crippen molar-refractivity contribution in [1.82, 2.24) is 15.1 Å². The predicted molar refractivity (Wildman–Crippen MR) is 68.3 cm³/mol. The molecular formula is C12H10ClFN4O. The van der Waals surface area contributed by atoms with Crippen LogP contribution in [-0.2, 0) is 7.05 Å². The molecule has 1 aliphatic rings. The lowest BCUT2D eigenvalue weighted by molar-refractivity contribution is 0.0951. The van der Waals surface area contributed by atoms with Crippen molar-refractivity contribution < 1.29 is 9.18 Å². The Hall–Kier alpha value is -2.08. The third kappa shape index (κ3) is 1.67. The summed E-state index contributed by atoms with van der Waals surface area (Å²) in [5.74, 6) is -0.488. The minimum atomic E-state index is -0.570. The van der Waals surface area contributed by atoms with Gasteiger partial charge in [0.2, 0.25) is 0 Å². The zero-order valence-corrected chi connectivity index (χ0v) is 10.7. The minimum Gasteiger partial charge on any atom is -0.382 e. The van der Waals surface area contributed by atoms with Crippen LogP contribution in [0.4, 0.5) is 10.2 Å². The molecule has 0 spiro atoms. The van der Waals surface area contributed by atoms with Crippen molar-refractivity contribution in [3.63, 3.8) is 0 Å². The number of amides is 1. The number of nitrogen functional groups attached to an aromatic ring is 1. The number of hydrogen-bond acceptors (Lipinski definition) is 3. The number of aromatic nitrogens is 2. The van der Waals surface area contributed by atoms with E-state index < -0.39 is 11.9 Å². The van der Waals surface area contributed by atoms with Gasteiger partial charge in [0.1, 0.15) is 11.5 Å². The number of anilines is 1. The maximum absolute atomic E-state index is 13.4. The van der Waals surface area contributed by atoms with Gasteiger partial charge in [0, 0.05) is 17.6 Å². The van der Waals surface area contributed by atoms with Gasteiger partial charge >= 0.3 is 0 Å². The van der Waals surface area contributed by atoms with Gasteiger partial charge in [-0.25, -0.2) is 4.39 Å². The van der Waals surface area contributed by atoms with Gasteiger partial charge in [0.25, 0.3) is 5.91 Å². The summed E-state index contributed by atoms with van der Waals surface area (Å²) in [6.45, 7) is 0. The number of carbonyl (C=O) groups excluding carboxylic acids is 1. The molecule has 19 heavy (non-hydrogen) atoms. The van der Waals surface area contributed by atoms with Crippen molar-refractivity contribution in [3.8, 4) is 0 Å². The number of nitrogens with two attached hydrogens (primary N) is 1. The summed E-state index contributed by atoms with van der Waals surface area (Å²) in [5, 5.41) is 7.11. The fourth-order valence-electron chi connectivity index (χ4n) is 2.36. The van der Waals surface area contributed by atoms with Crippen molar-refractivity contribution in [2.75, 3.05) is 5.73 Å². The largest absolute Gasteiger partial charge is 0.382 e. The van der Waals surface area contributed by atoms with Crippen LogP contribution in [0.5, 0.6) is 0 Å². The lowest BCUT2D eigenvalue weighted by atomic mass is 10.0. The molecule has 0 aliphatic carbocycles. The van der Waals surface area contributed by atoms with E-state index in [1.165, 1.54) is 22.9 Å². The fraction of sp³-hybridized carbons (Fsp3) is 0.167. The maximum atomic E-state index is 13.4. The molecule has 7 heteroatoms. The number of benzene rings is 1. The number of hydrogen-bond donors (Lipinski definition) is 2. The molecule has 0 saturated carbocycles. The number of aryl methyl sites for hydroxylation is 1. The van der Waals surface area contributed by atoms with E-state index >= 15 is 0 Å². The Morgan fingerprint density at radius 2 is 2.26 bits per heavy atom. The highest BCUT2D eigenvalue weighted by molar-refractivity contribution is 6.31. The second-order valence-corrected chi connectivity index (χ2v) is 4.75. The summed E-state index contributed by atoms with van der Waals surface area (Å²) in [4.78, 5) is 11.9. The van der Waals surface area contributed by atoms with Crippen molar-refractivity contribution in [2.24, 2.45) is 7.05 Å². The van der Waals surface area contributed by atoms with Gasteiger partial charge in [0.05, 0.1) is 11.6 Å². The lowest BCUT2D eigenvalue weighted by Gasteiger charge is -2.13. The van der Waals surface area contributed by atoms with Gasteiger partial charge in [-0.1, -0.05) is 11.6 Å². The molecule has 1 atom stereocenters. The topological polar surface area (TPSA) is 72.9 Å². The van der Waals surface area contributed by atoms with E-state index in [9.17, 15) is 9.18 Å². The Labute approximate surface area is 113 Å². The quantitative estimate of drug-likeness (QED) is 0.834. The molecule has 5 nitrogen and oxygen atoms in total. The highest BCUT2D eigenvalue weighted by Crippen LogP contribution is 2.37. The number of halogens is 2. The van der Waals surface area contributed by atoms with Gasteiger partial charge in [-0.15, -0.1) is 0 Å². The second kappa shape index (κ2) is 3.96. The number of rotatable bonds is 1. The molecule has 1 unspecified atom stereocenters. The summed E-state index contributed by atoms with van der Waals surface area (Å²) in [6, 6.07) is 3.42. The first-order chi connectivity index (χ1) is 8.99. The number of carbonyl (C=O) groups is 1. The molecule has 98 valence electrons. The van der Waals surface area contributed by atoms with Crippen LogP contribution in [-0.4, -0.2) is 15.7 Å². The summed E-state index contributed by atoms with van der Waals surface area (Å²) in [6.07, 6.45) is 0. The number of nitrogens with zero attached hydrogens (tertiary/aromatic N) is 2. The molecule has 2 heterocycles. The number of nitrogens with one attached hydrogen (secondary N) is 1. The first kappa shape index (κ1) is 12.0. The molecule has 1 amide bonds. The average Bonchev–Trinajstić information content (AvgIpc) is 2.83. The molecule has 1 aromatic heterocycles. The molecule has 1 aromatic carbocycles. The summed E-state index contributed by atoms with van der Waals surface area (Å²) in [7, 11) is 1.63. The Morgan fingerprint density at radius 1 is 1.53 bits per heavy atom. The molecule has 3 N–H and O–H groups in total. The molecule has 0 radical (unpaired) electrons. The van der Waals surface area contributed by atoms with Crippen LogP contribution in [0, 0.1) is 5.82 Å². The highest BCUT2D eigenvalue weighted by Gasteiger charge is 2.37. The van der Waals surface area contributed by atoms with E-state index in [2.05, 4.69) is 10.4 Å². The molecule has 0 fully saturated rings. The van der Waals surface area contributed by atoms with Gasteiger partial charge in [-0.2, -0.15) is 5.10 Å². The molecule has 0 bridgehead atoms. The van der Waals surface area contributed by atoms with Crippen molar-refractivity contribution in [2.45, 2.75) is 6.04 Å². The molecule has 1 aliphatic heterocycles. The fourth-order valence-corrected chi connectivity index (χ4v) is 2.58. The standard InChI is InChI=1S/C12H10ClFN4O/c1-18-10-8(11(15)17-18)9(16-12(10)19)6-4-5(14)2-3-7(6)13/h2-4,9H,1H3,(H2,15,17)(H,16,19).